The summed E-state index contributed by atoms with van der Waals surface area (Å²) in [4.78, 5) is 25.8. The van der Waals surface area contributed by atoms with Gasteiger partial charge in [0, 0.05) is 42.0 Å². The molecule has 5 rings (SSSR count). The maximum atomic E-state index is 13.3. The minimum Gasteiger partial charge on any atom is -0.371 e. The molecule has 172 valence electrons. The van der Waals surface area contributed by atoms with E-state index in [2.05, 4.69) is 25.9 Å². The highest BCUT2D eigenvalue weighted by atomic mass is 19.4. The number of benzene rings is 2. The van der Waals surface area contributed by atoms with E-state index in [0.717, 1.165) is 48.7 Å². The summed E-state index contributed by atoms with van der Waals surface area (Å²) < 4.78 is 40.0. The van der Waals surface area contributed by atoms with Gasteiger partial charge in [-0.3, -0.25) is 4.79 Å². The van der Waals surface area contributed by atoms with Gasteiger partial charge in [-0.1, -0.05) is 18.2 Å². The standard InChI is InChI=1S/C25H20F3N5O/c26-25(27,28)19-4-2-1-3-18(19)23(34)16-11-22(30-14-16)24-31-20-6-5-17(12-21(20)32-24)33-9-7-15(13-29)8-10-33/h1-6,11-12,14-15,30H,7-10H2,(H,31,32). The van der Waals surface area contributed by atoms with Gasteiger partial charge in [0.2, 0.25) is 0 Å². The highest BCUT2D eigenvalue weighted by molar-refractivity contribution is 6.10. The third-order valence-corrected chi connectivity index (χ3v) is 6.19. The number of carbonyl (C=O) groups is 1. The zero-order chi connectivity index (χ0) is 23.9. The zero-order valence-electron chi connectivity index (χ0n) is 18.0. The molecule has 0 spiro atoms. The van der Waals surface area contributed by atoms with Gasteiger partial charge in [0.15, 0.2) is 11.6 Å². The summed E-state index contributed by atoms with van der Waals surface area (Å²) >= 11 is 0. The topological polar surface area (TPSA) is 88.6 Å². The number of H-pyrrole nitrogens is 2. The molecular formula is C25H20F3N5O. The maximum absolute atomic E-state index is 13.3. The van der Waals surface area contributed by atoms with Gasteiger partial charge >= 0.3 is 6.18 Å². The fourth-order valence-electron chi connectivity index (χ4n) is 4.33. The lowest BCUT2D eigenvalue weighted by Crippen LogP contribution is -2.33. The van der Waals surface area contributed by atoms with Crippen LogP contribution < -0.4 is 4.90 Å². The molecule has 0 unspecified atom stereocenters. The molecule has 3 heterocycles. The fraction of sp³-hybridized carbons (Fsp3) is 0.240. The molecule has 0 saturated carbocycles. The summed E-state index contributed by atoms with van der Waals surface area (Å²) in [5, 5.41) is 9.09. The quantitative estimate of drug-likeness (QED) is 0.389. The predicted molar refractivity (Wildman–Crippen MR) is 121 cm³/mol. The monoisotopic (exact) mass is 463 g/mol. The molecule has 1 aliphatic heterocycles. The van der Waals surface area contributed by atoms with E-state index in [1.54, 1.807) is 0 Å². The third kappa shape index (κ3) is 4.03. The first-order chi connectivity index (χ1) is 16.3. The van der Waals surface area contributed by atoms with Crippen LogP contribution in [0.4, 0.5) is 18.9 Å². The van der Waals surface area contributed by atoms with Crippen molar-refractivity contribution in [2.24, 2.45) is 5.92 Å². The van der Waals surface area contributed by atoms with Gasteiger partial charge in [-0.2, -0.15) is 18.4 Å². The number of fused-ring (bicyclic) bond motifs is 1. The van der Waals surface area contributed by atoms with Crippen LogP contribution >= 0.6 is 0 Å². The largest absolute Gasteiger partial charge is 0.417 e. The number of aromatic amines is 2. The number of imidazole rings is 1. The van der Waals surface area contributed by atoms with Crippen LogP contribution in [-0.2, 0) is 6.18 Å². The maximum Gasteiger partial charge on any atom is 0.417 e. The average molecular weight is 463 g/mol. The normalized spacial score (nSPS) is 14.9. The second-order valence-electron chi connectivity index (χ2n) is 8.35. The zero-order valence-corrected chi connectivity index (χ0v) is 18.0. The van der Waals surface area contributed by atoms with Gasteiger partial charge in [-0.25, -0.2) is 4.98 Å². The first kappa shape index (κ1) is 21.8. The molecule has 0 radical (unpaired) electrons. The Bertz CT molecular complexity index is 1400. The van der Waals surface area contributed by atoms with Crippen LogP contribution in [0.25, 0.3) is 22.6 Å². The van der Waals surface area contributed by atoms with Gasteiger partial charge in [0.05, 0.1) is 28.4 Å². The number of hydrogen-bond acceptors (Lipinski definition) is 4. The Labute approximate surface area is 193 Å². The minimum absolute atomic E-state index is 0.103. The molecule has 0 amide bonds. The van der Waals surface area contributed by atoms with Gasteiger partial charge in [-0.15, -0.1) is 0 Å². The number of hydrogen-bond donors (Lipinski definition) is 2. The van der Waals surface area contributed by atoms with Crippen molar-refractivity contribution in [1.29, 1.82) is 5.26 Å². The number of piperidine rings is 1. The fourth-order valence-corrected chi connectivity index (χ4v) is 4.33. The van der Waals surface area contributed by atoms with Crippen LogP contribution in [0.2, 0.25) is 0 Å². The average Bonchev–Trinajstić information content (AvgIpc) is 3.50. The van der Waals surface area contributed by atoms with Crippen LogP contribution in [-0.4, -0.2) is 33.8 Å². The van der Waals surface area contributed by atoms with Crippen LogP contribution in [0, 0.1) is 17.2 Å². The van der Waals surface area contributed by atoms with E-state index < -0.39 is 23.1 Å². The van der Waals surface area contributed by atoms with E-state index in [-0.39, 0.29) is 11.5 Å². The first-order valence-corrected chi connectivity index (χ1v) is 10.9. The Balaban J connectivity index is 1.40. The Morgan fingerprint density at radius 1 is 1.12 bits per heavy atom. The number of nitrogens with one attached hydrogen (secondary N) is 2. The first-order valence-electron chi connectivity index (χ1n) is 10.9. The van der Waals surface area contributed by atoms with E-state index in [4.69, 9.17) is 5.26 Å². The van der Waals surface area contributed by atoms with E-state index in [9.17, 15) is 18.0 Å². The molecule has 0 atom stereocenters. The van der Waals surface area contributed by atoms with Crippen molar-refractivity contribution in [3.05, 3.63) is 71.4 Å². The Hall–Kier alpha value is -4.06. The highest BCUT2D eigenvalue weighted by Crippen LogP contribution is 2.33. The van der Waals surface area contributed by atoms with Crippen molar-refractivity contribution in [1.82, 2.24) is 15.0 Å². The van der Waals surface area contributed by atoms with E-state index in [1.807, 2.05) is 18.2 Å². The number of ketones is 1. The van der Waals surface area contributed by atoms with Gasteiger partial charge in [0.25, 0.3) is 0 Å². The smallest absolute Gasteiger partial charge is 0.371 e. The lowest BCUT2D eigenvalue weighted by atomic mass is 9.98. The SMILES string of the molecule is N#CC1CCN(c2ccc3nc(-c4cc(C(=O)c5ccccc5C(F)(F)F)c[nH]4)[nH]c3c2)CC1. The van der Waals surface area contributed by atoms with Crippen molar-refractivity contribution in [3.8, 4) is 17.6 Å². The molecule has 4 aromatic rings. The molecule has 6 nitrogen and oxygen atoms in total. The summed E-state index contributed by atoms with van der Waals surface area (Å²) in [5.41, 5.74) is 1.84. The number of alkyl halides is 3. The summed E-state index contributed by atoms with van der Waals surface area (Å²) in [6.45, 7) is 1.62. The highest BCUT2D eigenvalue weighted by Gasteiger charge is 2.35. The van der Waals surface area contributed by atoms with Crippen LogP contribution in [0.3, 0.4) is 0 Å². The third-order valence-electron chi connectivity index (χ3n) is 6.19. The Morgan fingerprint density at radius 2 is 1.88 bits per heavy atom. The number of rotatable bonds is 4. The predicted octanol–water partition coefficient (Wildman–Crippen LogP) is 5.55. The van der Waals surface area contributed by atoms with E-state index >= 15 is 0 Å². The van der Waals surface area contributed by atoms with Crippen molar-refractivity contribution in [2.75, 3.05) is 18.0 Å². The lowest BCUT2D eigenvalue weighted by molar-refractivity contribution is -0.137. The van der Waals surface area contributed by atoms with Gasteiger partial charge in [-0.05, 0) is 43.2 Å². The summed E-state index contributed by atoms with van der Waals surface area (Å²) in [7, 11) is 0. The van der Waals surface area contributed by atoms with Crippen molar-refractivity contribution >= 4 is 22.5 Å². The van der Waals surface area contributed by atoms with E-state index in [0.29, 0.717) is 11.5 Å². The van der Waals surface area contributed by atoms with Crippen molar-refractivity contribution in [2.45, 2.75) is 19.0 Å². The van der Waals surface area contributed by atoms with Crippen LogP contribution in [0.1, 0.15) is 34.3 Å². The summed E-state index contributed by atoms with van der Waals surface area (Å²) in [5.74, 6) is -0.125. The van der Waals surface area contributed by atoms with Crippen LogP contribution in [0.5, 0.6) is 0 Å². The van der Waals surface area contributed by atoms with Gasteiger partial charge in [0.1, 0.15) is 0 Å². The lowest BCUT2D eigenvalue weighted by Gasteiger charge is -2.31. The summed E-state index contributed by atoms with van der Waals surface area (Å²) in [6, 6.07) is 14.5. The number of anilines is 1. The molecule has 2 aromatic carbocycles. The van der Waals surface area contributed by atoms with Crippen molar-refractivity contribution < 1.29 is 18.0 Å². The number of nitriles is 1. The molecule has 34 heavy (non-hydrogen) atoms. The molecule has 1 saturated heterocycles. The molecule has 1 fully saturated rings. The minimum atomic E-state index is -4.62. The molecule has 2 N–H and O–H groups in total. The second-order valence-corrected chi connectivity index (χ2v) is 8.35. The number of nitrogens with zero attached hydrogens (tertiary/aromatic N) is 3. The molecule has 2 aromatic heterocycles. The molecule has 9 heteroatoms. The molecule has 0 aliphatic carbocycles. The second kappa shape index (κ2) is 8.37. The number of aromatic nitrogens is 3. The Kier molecular flexibility index (Phi) is 5.36. The van der Waals surface area contributed by atoms with Crippen molar-refractivity contribution in [3.63, 3.8) is 0 Å². The molecule has 0 bridgehead atoms. The van der Waals surface area contributed by atoms with Crippen LogP contribution in [0.15, 0.2) is 54.7 Å². The summed E-state index contributed by atoms with van der Waals surface area (Å²) in [6.07, 6.45) is -1.56. The Morgan fingerprint density at radius 3 is 2.62 bits per heavy atom. The number of carbonyl (C=O) groups excluding carboxylic acids is 1. The molecule has 1 aliphatic rings. The van der Waals surface area contributed by atoms with Gasteiger partial charge < -0.3 is 14.9 Å². The van der Waals surface area contributed by atoms with E-state index in [1.165, 1.54) is 30.5 Å². The number of halogens is 3. The molecular weight excluding hydrogens is 443 g/mol.